The molecule has 1 amide bonds. The van der Waals surface area contributed by atoms with Crippen molar-refractivity contribution in [3.63, 3.8) is 0 Å². The van der Waals surface area contributed by atoms with E-state index in [9.17, 15) is 4.79 Å². The van der Waals surface area contributed by atoms with Crippen LogP contribution in [-0.4, -0.2) is 43.3 Å². The number of carbonyl (C=O) groups excluding carboxylic acids is 1. The topological polar surface area (TPSA) is 50.8 Å². The standard InChI is InChI=1S/C27H34N2O3/c1-2-16-31-23-10-8-19(9-11-23)22-7-6-20-4-3-5-25(24(20)17-22)28-27(30)32-26-18-29-14-12-21(26)13-15-29/h6-11,17,21,25-26H,2-5,12-16,18H2,1H3,(H,28,30)/t25?,26-/m0/s1. The fourth-order valence-corrected chi connectivity index (χ4v) is 5.45. The van der Waals surface area contributed by atoms with Gasteiger partial charge in [-0.2, -0.15) is 0 Å². The molecule has 5 heteroatoms. The van der Waals surface area contributed by atoms with Crippen LogP contribution < -0.4 is 10.1 Å². The average molecular weight is 435 g/mol. The summed E-state index contributed by atoms with van der Waals surface area (Å²) in [5.74, 6) is 1.43. The third-order valence-corrected chi connectivity index (χ3v) is 7.27. The molecule has 2 aromatic carbocycles. The number of nitrogens with zero attached hydrogens (tertiary/aromatic N) is 1. The van der Waals surface area contributed by atoms with Crippen LogP contribution in [0.3, 0.4) is 0 Å². The predicted molar refractivity (Wildman–Crippen MR) is 126 cm³/mol. The number of piperidine rings is 3. The van der Waals surface area contributed by atoms with Gasteiger partial charge in [0, 0.05) is 6.54 Å². The largest absolute Gasteiger partial charge is 0.494 e. The highest BCUT2D eigenvalue weighted by molar-refractivity contribution is 5.70. The smallest absolute Gasteiger partial charge is 0.407 e. The Labute approximate surface area is 191 Å². The van der Waals surface area contributed by atoms with Gasteiger partial charge in [0.05, 0.1) is 12.6 Å². The summed E-state index contributed by atoms with van der Waals surface area (Å²) in [6.07, 6.45) is 6.18. The second-order valence-corrected chi connectivity index (χ2v) is 9.46. The summed E-state index contributed by atoms with van der Waals surface area (Å²) in [4.78, 5) is 15.2. The predicted octanol–water partition coefficient (Wildman–Crippen LogP) is 5.34. The Hall–Kier alpha value is -2.53. The van der Waals surface area contributed by atoms with Crippen molar-refractivity contribution in [3.05, 3.63) is 53.6 Å². The summed E-state index contributed by atoms with van der Waals surface area (Å²) >= 11 is 0. The van der Waals surface area contributed by atoms with Gasteiger partial charge in [-0.25, -0.2) is 4.79 Å². The van der Waals surface area contributed by atoms with Crippen LogP contribution in [0.25, 0.3) is 11.1 Å². The maximum atomic E-state index is 12.8. The maximum Gasteiger partial charge on any atom is 0.407 e. The number of hydrogen-bond donors (Lipinski definition) is 1. The Bertz CT molecular complexity index is 934. The van der Waals surface area contributed by atoms with E-state index >= 15 is 0 Å². The van der Waals surface area contributed by atoms with E-state index in [4.69, 9.17) is 9.47 Å². The van der Waals surface area contributed by atoms with Crippen LogP contribution in [0.4, 0.5) is 4.79 Å². The summed E-state index contributed by atoms with van der Waals surface area (Å²) in [6, 6.07) is 15.0. The summed E-state index contributed by atoms with van der Waals surface area (Å²) in [5.41, 5.74) is 4.89. The molecule has 6 rings (SSSR count). The zero-order valence-corrected chi connectivity index (χ0v) is 19.0. The number of fused-ring (bicyclic) bond motifs is 4. The van der Waals surface area contributed by atoms with Gasteiger partial charge < -0.3 is 14.8 Å². The van der Waals surface area contributed by atoms with E-state index in [0.717, 1.165) is 76.1 Å². The lowest BCUT2D eigenvalue weighted by Gasteiger charge is -2.44. The van der Waals surface area contributed by atoms with Crippen molar-refractivity contribution < 1.29 is 14.3 Å². The van der Waals surface area contributed by atoms with Crippen LogP contribution in [0.1, 0.15) is 56.2 Å². The maximum absolute atomic E-state index is 12.8. The molecule has 1 aliphatic carbocycles. The molecule has 170 valence electrons. The molecule has 0 aromatic heterocycles. The number of ether oxygens (including phenoxy) is 2. The number of hydrogen-bond acceptors (Lipinski definition) is 4. The minimum absolute atomic E-state index is 0.0134. The quantitative estimate of drug-likeness (QED) is 0.667. The molecule has 32 heavy (non-hydrogen) atoms. The lowest BCUT2D eigenvalue weighted by Crippen LogP contribution is -2.52. The molecule has 3 saturated heterocycles. The van der Waals surface area contributed by atoms with Crippen molar-refractivity contribution in [2.45, 2.75) is 57.6 Å². The van der Waals surface area contributed by atoms with Gasteiger partial charge in [0.1, 0.15) is 11.9 Å². The van der Waals surface area contributed by atoms with Crippen LogP contribution >= 0.6 is 0 Å². The first-order valence-electron chi connectivity index (χ1n) is 12.2. The van der Waals surface area contributed by atoms with E-state index in [0.29, 0.717) is 5.92 Å². The first-order valence-corrected chi connectivity index (χ1v) is 12.2. The van der Waals surface area contributed by atoms with E-state index in [2.05, 4.69) is 47.5 Å². The van der Waals surface area contributed by atoms with Gasteiger partial charge in [-0.05, 0) is 98.0 Å². The van der Waals surface area contributed by atoms with Crippen molar-refractivity contribution in [2.75, 3.05) is 26.2 Å². The second-order valence-electron chi connectivity index (χ2n) is 9.46. The first kappa shape index (κ1) is 21.3. The van der Waals surface area contributed by atoms with Crippen LogP contribution in [0, 0.1) is 5.92 Å². The number of alkyl carbamates (subject to hydrolysis) is 1. The molecule has 0 spiro atoms. The van der Waals surface area contributed by atoms with Gasteiger partial charge in [0.2, 0.25) is 0 Å². The molecule has 1 unspecified atom stereocenters. The molecule has 2 atom stereocenters. The normalized spacial score (nSPS) is 26.3. The fraction of sp³-hybridized carbons (Fsp3) is 0.519. The number of amides is 1. The highest BCUT2D eigenvalue weighted by Crippen LogP contribution is 2.34. The number of rotatable bonds is 6. The Morgan fingerprint density at radius 3 is 2.56 bits per heavy atom. The Kier molecular flexibility index (Phi) is 6.35. The van der Waals surface area contributed by atoms with E-state index in [-0.39, 0.29) is 18.2 Å². The molecule has 0 radical (unpaired) electrons. The van der Waals surface area contributed by atoms with Crippen molar-refractivity contribution in [1.82, 2.24) is 10.2 Å². The minimum atomic E-state index is -0.260. The number of benzene rings is 2. The summed E-state index contributed by atoms with van der Waals surface area (Å²) in [7, 11) is 0. The lowest BCUT2D eigenvalue weighted by molar-refractivity contribution is -0.0340. The van der Waals surface area contributed by atoms with Gasteiger partial charge >= 0.3 is 6.09 Å². The zero-order chi connectivity index (χ0) is 21.9. The van der Waals surface area contributed by atoms with Crippen LogP contribution in [0.15, 0.2) is 42.5 Å². The molecule has 4 aliphatic rings. The Balaban J connectivity index is 1.28. The van der Waals surface area contributed by atoms with E-state index < -0.39 is 0 Å². The van der Waals surface area contributed by atoms with E-state index in [1.54, 1.807) is 0 Å². The molecular weight excluding hydrogens is 400 g/mol. The molecule has 3 aliphatic heterocycles. The number of aryl methyl sites for hydroxylation is 1. The van der Waals surface area contributed by atoms with Crippen LogP contribution in [0.2, 0.25) is 0 Å². The average Bonchev–Trinajstić information content (AvgIpc) is 2.84. The summed E-state index contributed by atoms with van der Waals surface area (Å²) < 4.78 is 11.6. The zero-order valence-electron chi connectivity index (χ0n) is 19.0. The minimum Gasteiger partial charge on any atom is -0.494 e. The van der Waals surface area contributed by atoms with Crippen molar-refractivity contribution in [3.8, 4) is 16.9 Å². The fourth-order valence-electron chi connectivity index (χ4n) is 5.45. The molecule has 3 fully saturated rings. The Morgan fingerprint density at radius 2 is 1.84 bits per heavy atom. The molecule has 5 nitrogen and oxygen atoms in total. The molecule has 2 bridgehead atoms. The lowest BCUT2D eigenvalue weighted by atomic mass is 9.85. The molecule has 1 N–H and O–H groups in total. The highest BCUT2D eigenvalue weighted by atomic mass is 16.6. The molecular formula is C27H34N2O3. The molecule has 2 aromatic rings. The monoisotopic (exact) mass is 434 g/mol. The SMILES string of the molecule is CCCOc1ccc(-c2ccc3c(c2)C(NC(=O)O[C@H]2CN4CCC2CC4)CCC3)cc1. The van der Waals surface area contributed by atoms with E-state index in [1.807, 2.05) is 12.1 Å². The first-order chi connectivity index (χ1) is 15.7. The third kappa shape index (κ3) is 4.63. The van der Waals surface area contributed by atoms with Gasteiger partial charge in [-0.15, -0.1) is 0 Å². The van der Waals surface area contributed by atoms with Crippen LogP contribution in [-0.2, 0) is 11.2 Å². The van der Waals surface area contributed by atoms with Gasteiger partial charge in [-0.1, -0.05) is 31.2 Å². The van der Waals surface area contributed by atoms with E-state index in [1.165, 1.54) is 16.7 Å². The van der Waals surface area contributed by atoms with Gasteiger partial charge in [0.25, 0.3) is 0 Å². The van der Waals surface area contributed by atoms with Crippen molar-refractivity contribution >= 4 is 6.09 Å². The molecule has 0 saturated carbocycles. The highest BCUT2D eigenvalue weighted by Gasteiger charge is 2.37. The van der Waals surface area contributed by atoms with Crippen LogP contribution in [0.5, 0.6) is 5.75 Å². The third-order valence-electron chi connectivity index (χ3n) is 7.27. The summed E-state index contributed by atoms with van der Waals surface area (Å²) in [6.45, 7) is 6.04. The van der Waals surface area contributed by atoms with Gasteiger partial charge in [-0.3, -0.25) is 4.90 Å². The Morgan fingerprint density at radius 1 is 1.06 bits per heavy atom. The summed E-state index contributed by atoms with van der Waals surface area (Å²) in [5, 5.41) is 3.19. The molecule has 3 heterocycles. The number of carbonyl (C=O) groups is 1. The second kappa shape index (κ2) is 9.53. The van der Waals surface area contributed by atoms with Crippen molar-refractivity contribution in [2.24, 2.45) is 5.92 Å². The van der Waals surface area contributed by atoms with Gasteiger partial charge in [0.15, 0.2) is 0 Å². The number of nitrogens with one attached hydrogen (secondary N) is 1. The van der Waals surface area contributed by atoms with Crippen molar-refractivity contribution in [1.29, 1.82) is 0 Å².